The van der Waals surface area contributed by atoms with Gasteiger partial charge in [0.15, 0.2) is 0 Å². The number of hydrogen-bond donors (Lipinski definition) is 1. The van der Waals surface area contributed by atoms with Crippen LogP contribution in [0.15, 0.2) is 24.3 Å². The van der Waals surface area contributed by atoms with E-state index in [1.165, 1.54) is 56.7 Å². The smallest absolute Gasteiger partial charge is 0.0415 e. The van der Waals surface area contributed by atoms with Gasteiger partial charge in [0.25, 0.3) is 0 Å². The number of nitrogens with two attached hydrogens (primary N) is 1. The predicted octanol–water partition coefficient (Wildman–Crippen LogP) is 2.77. The molecule has 3 heteroatoms. The van der Waals surface area contributed by atoms with Crippen molar-refractivity contribution in [2.24, 2.45) is 5.73 Å². The molecule has 3 nitrogen and oxygen atoms in total. The van der Waals surface area contributed by atoms with Crippen LogP contribution in [-0.4, -0.2) is 37.1 Å². The lowest BCUT2D eigenvalue weighted by atomic mass is 10.0. The first-order chi connectivity index (χ1) is 9.79. The Balaban J connectivity index is 1.74. The molecule has 0 aromatic heterocycles. The molecule has 0 bridgehead atoms. The van der Waals surface area contributed by atoms with Gasteiger partial charge in [-0.15, -0.1) is 0 Å². The molecule has 0 aliphatic carbocycles. The van der Waals surface area contributed by atoms with Gasteiger partial charge in [0.05, 0.1) is 0 Å². The second kappa shape index (κ2) is 6.15. The molecule has 0 spiro atoms. The third-order valence-corrected chi connectivity index (χ3v) is 4.94. The van der Waals surface area contributed by atoms with E-state index in [9.17, 15) is 0 Å². The van der Waals surface area contributed by atoms with E-state index in [4.69, 9.17) is 5.73 Å². The Kier molecular flexibility index (Phi) is 4.27. The molecule has 2 N–H and O–H groups in total. The number of hydrogen-bond acceptors (Lipinski definition) is 3. The highest BCUT2D eigenvalue weighted by atomic mass is 15.3. The first kappa shape index (κ1) is 13.9. The number of rotatable bonds is 4. The van der Waals surface area contributed by atoms with Crippen molar-refractivity contribution in [3.8, 4) is 0 Å². The summed E-state index contributed by atoms with van der Waals surface area (Å²) in [5.74, 6) is 0. The quantitative estimate of drug-likeness (QED) is 0.915. The lowest BCUT2D eigenvalue weighted by molar-refractivity contribution is 0.260. The van der Waals surface area contributed by atoms with Gasteiger partial charge in [0.2, 0.25) is 0 Å². The molecule has 1 aromatic carbocycles. The van der Waals surface area contributed by atoms with E-state index in [1.54, 1.807) is 0 Å². The molecule has 2 aliphatic heterocycles. The van der Waals surface area contributed by atoms with Crippen molar-refractivity contribution >= 4 is 5.69 Å². The van der Waals surface area contributed by atoms with Gasteiger partial charge in [-0.05, 0) is 50.4 Å². The molecule has 0 saturated carbocycles. The van der Waals surface area contributed by atoms with E-state index in [-0.39, 0.29) is 6.04 Å². The van der Waals surface area contributed by atoms with E-state index in [0.717, 1.165) is 12.5 Å². The van der Waals surface area contributed by atoms with Crippen molar-refractivity contribution in [3.63, 3.8) is 0 Å². The highest BCUT2D eigenvalue weighted by Gasteiger charge is 2.30. The van der Waals surface area contributed by atoms with Crippen LogP contribution in [0, 0.1) is 0 Å². The third kappa shape index (κ3) is 2.70. The van der Waals surface area contributed by atoms with E-state index < -0.39 is 0 Å². The van der Waals surface area contributed by atoms with Crippen molar-refractivity contribution in [2.75, 3.05) is 31.1 Å². The number of likely N-dealkylation sites (tertiary alicyclic amines) is 1. The highest BCUT2D eigenvalue weighted by molar-refractivity contribution is 5.56. The normalized spacial score (nSPS) is 25.3. The minimum absolute atomic E-state index is 0.164. The molecule has 3 rings (SSSR count). The largest absolute Gasteiger partial charge is 0.370 e. The van der Waals surface area contributed by atoms with Gasteiger partial charge < -0.3 is 10.6 Å². The van der Waals surface area contributed by atoms with E-state index >= 15 is 0 Å². The van der Waals surface area contributed by atoms with Crippen LogP contribution in [0.5, 0.6) is 0 Å². The molecular weight excluding hydrogens is 246 g/mol. The van der Waals surface area contributed by atoms with Crippen LogP contribution in [0.3, 0.4) is 0 Å². The summed E-state index contributed by atoms with van der Waals surface area (Å²) >= 11 is 0. The maximum Gasteiger partial charge on any atom is 0.0415 e. The molecule has 2 aliphatic rings. The highest BCUT2D eigenvalue weighted by Crippen LogP contribution is 2.31. The Bertz CT molecular complexity index is 440. The molecule has 0 amide bonds. The standard InChI is InChI=1S/C17H27N3/c1-2-16(18)15-7-3-4-8-17(15)20-12-9-14(13-20)19-10-5-6-11-19/h3-4,7-8,14,16H,2,5-6,9-13,18H2,1H3/t14?,16-/m1/s1. The van der Waals surface area contributed by atoms with Crippen LogP contribution in [0.2, 0.25) is 0 Å². The van der Waals surface area contributed by atoms with Crippen LogP contribution in [-0.2, 0) is 0 Å². The summed E-state index contributed by atoms with van der Waals surface area (Å²) in [6.45, 7) is 7.11. The zero-order valence-electron chi connectivity index (χ0n) is 12.6. The SMILES string of the molecule is CC[C@@H](N)c1ccccc1N1CCC(N2CCCC2)C1. The minimum Gasteiger partial charge on any atom is -0.370 e. The average Bonchev–Trinajstić information content (AvgIpc) is 3.17. The Morgan fingerprint density at radius 2 is 1.95 bits per heavy atom. The lowest BCUT2D eigenvalue weighted by Gasteiger charge is -2.27. The van der Waals surface area contributed by atoms with E-state index in [0.29, 0.717) is 0 Å². The zero-order chi connectivity index (χ0) is 13.9. The number of benzene rings is 1. The summed E-state index contributed by atoms with van der Waals surface area (Å²) in [7, 11) is 0. The van der Waals surface area contributed by atoms with Crippen molar-refractivity contribution in [2.45, 2.75) is 44.7 Å². The van der Waals surface area contributed by atoms with Gasteiger partial charge in [0, 0.05) is 30.9 Å². The molecule has 2 atom stereocenters. The monoisotopic (exact) mass is 273 g/mol. The fraction of sp³-hybridized carbons (Fsp3) is 0.647. The third-order valence-electron chi connectivity index (χ3n) is 4.94. The van der Waals surface area contributed by atoms with Gasteiger partial charge in [-0.3, -0.25) is 4.90 Å². The number of para-hydroxylation sites is 1. The summed E-state index contributed by atoms with van der Waals surface area (Å²) in [5.41, 5.74) is 8.96. The first-order valence-corrected chi connectivity index (χ1v) is 8.13. The Labute approximate surface area is 122 Å². The molecular formula is C17H27N3. The van der Waals surface area contributed by atoms with E-state index in [2.05, 4.69) is 41.0 Å². The van der Waals surface area contributed by atoms with Gasteiger partial charge in [0.1, 0.15) is 0 Å². The number of anilines is 1. The van der Waals surface area contributed by atoms with Gasteiger partial charge in [-0.25, -0.2) is 0 Å². The van der Waals surface area contributed by atoms with Crippen LogP contribution in [0.25, 0.3) is 0 Å². The van der Waals surface area contributed by atoms with Crippen molar-refractivity contribution in [1.29, 1.82) is 0 Å². The number of nitrogens with zero attached hydrogens (tertiary/aromatic N) is 2. The topological polar surface area (TPSA) is 32.5 Å². The predicted molar refractivity (Wildman–Crippen MR) is 85.1 cm³/mol. The molecule has 1 aromatic rings. The fourth-order valence-electron chi connectivity index (χ4n) is 3.67. The second-order valence-corrected chi connectivity index (χ2v) is 6.21. The minimum atomic E-state index is 0.164. The van der Waals surface area contributed by atoms with E-state index in [1.807, 2.05) is 0 Å². The molecule has 0 radical (unpaired) electrons. The Morgan fingerprint density at radius 1 is 1.20 bits per heavy atom. The van der Waals surface area contributed by atoms with Gasteiger partial charge in [-0.2, -0.15) is 0 Å². The summed E-state index contributed by atoms with van der Waals surface area (Å²) in [4.78, 5) is 5.23. The summed E-state index contributed by atoms with van der Waals surface area (Å²) in [6.07, 6.45) is 5.07. The molecule has 2 fully saturated rings. The van der Waals surface area contributed by atoms with Crippen molar-refractivity contribution in [1.82, 2.24) is 4.90 Å². The molecule has 1 unspecified atom stereocenters. The average molecular weight is 273 g/mol. The van der Waals surface area contributed by atoms with Crippen LogP contribution >= 0.6 is 0 Å². The first-order valence-electron chi connectivity index (χ1n) is 8.13. The summed E-state index contributed by atoms with van der Waals surface area (Å²) in [6, 6.07) is 9.62. The summed E-state index contributed by atoms with van der Waals surface area (Å²) in [5, 5.41) is 0. The van der Waals surface area contributed by atoms with Crippen LogP contribution < -0.4 is 10.6 Å². The fourth-order valence-corrected chi connectivity index (χ4v) is 3.67. The zero-order valence-corrected chi connectivity index (χ0v) is 12.6. The van der Waals surface area contributed by atoms with Gasteiger partial charge in [-0.1, -0.05) is 25.1 Å². The second-order valence-electron chi connectivity index (χ2n) is 6.21. The Morgan fingerprint density at radius 3 is 2.70 bits per heavy atom. The van der Waals surface area contributed by atoms with Gasteiger partial charge >= 0.3 is 0 Å². The molecule has 110 valence electrons. The molecule has 20 heavy (non-hydrogen) atoms. The lowest BCUT2D eigenvalue weighted by Crippen LogP contribution is -2.35. The molecule has 2 heterocycles. The Hall–Kier alpha value is -1.06. The van der Waals surface area contributed by atoms with Crippen molar-refractivity contribution < 1.29 is 0 Å². The summed E-state index contributed by atoms with van der Waals surface area (Å²) < 4.78 is 0. The van der Waals surface area contributed by atoms with Crippen LogP contribution in [0.1, 0.15) is 44.2 Å². The van der Waals surface area contributed by atoms with Crippen LogP contribution in [0.4, 0.5) is 5.69 Å². The molecule has 2 saturated heterocycles. The maximum atomic E-state index is 6.28. The maximum absolute atomic E-state index is 6.28. The van der Waals surface area contributed by atoms with Crippen molar-refractivity contribution in [3.05, 3.63) is 29.8 Å².